The molecule has 29 heavy (non-hydrogen) atoms. The van der Waals surface area contributed by atoms with Crippen LogP contribution < -0.4 is 5.01 Å². The highest BCUT2D eigenvalue weighted by atomic mass is 16.3. The van der Waals surface area contributed by atoms with Crippen LogP contribution in [0.2, 0.25) is 0 Å². The average molecular weight is 379 g/mol. The molecule has 142 valence electrons. The molecule has 0 bridgehead atoms. The van der Waals surface area contributed by atoms with Gasteiger partial charge in [-0.1, -0.05) is 66.7 Å². The van der Waals surface area contributed by atoms with Gasteiger partial charge < -0.3 is 5.11 Å². The second kappa shape index (κ2) is 7.40. The van der Waals surface area contributed by atoms with E-state index in [-0.39, 0.29) is 11.8 Å². The fraction of sp³-hybridized carbons (Fsp3) is 0.120. The molecule has 4 heteroatoms. The monoisotopic (exact) mass is 379 g/mol. The van der Waals surface area contributed by atoms with Gasteiger partial charge in [-0.25, -0.2) is 0 Å². The van der Waals surface area contributed by atoms with E-state index in [1.165, 1.54) is 0 Å². The molecule has 4 aromatic rings. The Hall–Kier alpha value is -3.66. The molecular formula is C25H21N3O. The van der Waals surface area contributed by atoms with Crippen LogP contribution in [0.5, 0.6) is 5.75 Å². The first-order valence-electron chi connectivity index (χ1n) is 9.82. The number of para-hydroxylation sites is 1. The number of phenolic OH excluding ortho intramolecular Hbond substituents is 1. The molecule has 0 saturated carbocycles. The summed E-state index contributed by atoms with van der Waals surface area (Å²) in [5.41, 5.74) is 4.81. The van der Waals surface area contributed by atoms with Crippen LogP contribution in [-0.4, -0.2) is 21.8 Å². The van der Waals surface area contributed by atoms with Gasteiger partial charge >= 0.3 is 0 Å². The van der Waals surface area contributed by atoms with Gasteiger partial charge in [0.1, 0.15) is 11.3 Å². The van der Waals surface area contributed by atoms with E-state index in [0.29, 0.717) is 11.9 Å². The minimum Gasteiger partial charge on any atom is -0.505 e. The van der Waals surface area contributed by atoms with E-state index in [4.69, 9.17) is 5.10 Å². The van der Waals surface area contributed by atoms with Crippen LogP contribution >= 0.6 is 0 Å². The molecule has 0 fully saturated rings. The molecule has 1 atom stereocenters. The molecular weight excluding hydrogens is 358 g/mol. The Morgan fingerprint density at radius 2 is 1.62 bits per heavy atom. The quantitative estimate of drug-likeness (QED) is 0.532. The van der Waals surface area contributed by atoms with Gasteiger partial charge in [-0.05, 0) is 35.7 Å². The number of anilines is 1. The number of nitrogens with zero attached hydrogens (tertiary/aromatic N) is 3. The van der Waals surface area contributed by atoms with E-state index in [1.807, 2.05) is 60.7 Å². The Balaban J connectivity index is 1.51. The average Bonchev–Trinajstić information content (AvgIpc) is 3.21. The lowest BCUT2D eigenvalue weighted by molar-refractivity contribution is 0.469. The number of hydrogen-bond donors (Lipinski definition) is 1. The molecule has 0 spiro atoms. The lowest BCUT2D eigenvalue weighted by atomic mass is 9.97. The second-order valence-electron chi connectivity index (χ2n) is 7.30. The van der Waals surface area contributed by atoms with E-state index in [0.717, 1.165) is 34.3 Å². The Kier molecular flexibility index (Phi) is 4.45. The molecule has 1 aliphatic rings. The molecule has 4 nitrogen and oxygen atoms in total. The van der Waals surface area contributed by atoms with Crippen molar-refractivity contribution in [3.8, 4) is 5.75 Å². The van der Waals surface area contributed by atoms with Crippen LogP contribution in [0, 0.1) is 0 Å². The number of phenols is 1. The highest BCUT2D eigenvalue weighted by molar-refractivity contribution is 6.03. The molecule has 0 aliphatic carbocycles. The SMILES string of the molecule is Oc1c(C[C@@H]2CC(c3ccccc3)=NN2c2ccccc2)ccc2cccnc12. The van der Waals surface area contributed by atoms with Gasteiger partial charge in [0.2, 0.25) is 0 Å². The van der Waals surface area contributed by atoms with Crippen molar-refractivity contribution in [1.29, 1.82) is 0 Å². The van der Waals surface area contributed by atoms with Gasteiger partial charge in [0.25, 0.3) is 0 Å². The van der Waals surface area contributed by atoms with Gasteiger partial charge in [0.15, 0.2) is 0 Å². The molecule has 0 saturated heterocycles. The van der Waals surface area contributed by atoms with Crippen molar-refractivity contribution in [3.63, 3.8) is 0 Å². The minimum atomic E-state index is 0.125. The zero-order valence-corrected chi connectivity index (χ0v) is 15.9. The summed E-state index contributed by atoms with van der Waals surface area (Å²) in [5, 5.41) is 18.8. The lowest BCUT2D eigenvalue weighted by Gasteiger charge is -2.24. The van der Waals surface area contributed by atoms with Crippen molar-refractivity contribution < 1.29 is 5.11 Å². The third-order valence-electron chi connectivity index (χ3n) is 5.42. The fourth-order valence-corrected chi connectivity index (χ4v) is 3.97. The van der Waals surface area contributed by atoms with Gasteiger partial charge in [-0.15, -0.1) is 0 Å². The van der Waals surface area contributed by atoms with Crippen LogP contribution in [0.25, 0.3) is 10.9 Å². The largest absolute Gasteiger partial charge is 0.505 e. The summed E-state index contributed by atoms with van der Waals surface area (Å²) in [6, 6.07) is 28.5. The summed E-state index contributed by atoms with van der Waals surface area (Å²) in [5.74, 6) is 0.268. The number of aromatic hydroxyl groups is 1. The molecule has 0 radical (unpaired) electrons. The number of rotatable bonds is 4. The fourth-order valence-electron chi connectivity index (χ4n) is 3.97. The summed E-state index contributed by atoms with van der Waals surface area (Å²) in [6.45, 7) is 0. The van der Waals surface area contributed by atoms with E-state index >= 15 is 0 Å². The normalized spacial score (nSPS) is 16.2. The first-order valence-corrected chi connectivity index (χ1v) is 9.82. The lowest BCUT2D eigenvalue weighted by Crippen LogP contribution is -2.28. The number of pyridine rings is 1. The highest BCUT2D eigenvalue weighted by Crippen LogP contribution is 2.33. The van der Waals surface area contributed by atoms with Gasteiger partial charge in [0, 0.05) is 18.0 Å². The van der Waals surface area contributed by atoms with Crippen molar-refractivity contribution in [2.45, 2.75) is 18.9 Å². The molecule has 1 N–H and O–H groups in total. The van der Waals surface area contributed by atoms with E-state index in [2.05, 4.69) is 34.3 Å². The number of hydrogen-bond acceptors (Lipinski definition) is 4. The standard InChI is InChI=1S/C25H21N3O/c29-25-20(14-13-19-10-7-15-26-24(19)25)16-22-17-23(18-8-3-1-4-9-18)27-28(22)21-11-5-2-6-12-21/h1-15,22,29H,16-17H2/t22-/m1/s1. The van der Waals surface area contributed by atoms with Crippen molar-refractivity contribution in [1.82, 2.24) is 4.98 Å². The van der Waals surface area contributed by atoms with Gasteiger partial charge in [-0.2, -0.15) is 5.10 Å². The third-order valence-corrected chi connectivity index (χ3v) is 5.42. The molecule has 1 aromatic heterocycles. The maximum Gasteiger partial charge on any atom is 0.145 e. The summed E-state index contributed by atoms with van der Waals surface area (Å²) in [6.07, 6.45) is 3.22. The van der Waals surface area contributed by atoms with E-state index in [1.54, 1.807) is 6.20 Å². The maximum absolute atomic E-state index is 10.8. The first kappa shape index (κ1) is 17.4. The number of aromatic nitrogens is 1. The zero-order chi connectivity index (χ0) is 19.6. The Morgan fingerprint density at radius 3 is 2.41 bits per heavy atom. The smallest absolute Gasteiger partial charge is 0.145 e. The molecule has 5 rings (SSSR count). The summed E-state index contributed by atoms with van der Waals surface area (Å²) in [4.78, 5) is 4.36. The molecule has 2 heterocycles. The van der Waals surface area contributed by atoms with E-state index < -0.39 is 0 Å². The van der Waals surface area contributed by atoms with Crippen molar-refractivity contribution in [3.05, 3.63) is 102 Å². The number of benzene rings is 3. The molecule has 0 unspecified atom stereocenters. The summed E-state index contributed by atoms with van der Waals surface area (Å²) >= 11 is 0. The van der Waals surface area contributed by atoms with Crippen molar-refractivity contribution in [2.24, 2.45) is 5.10 Å². The van der Waals surface area contributed by atoms with Gasteiger partial charge in [-0.3, -0.25) is 9.99 Å². The number of hydrazone groups is 1. The Bertz CT molecular complexity index is 1170. The van der Waals surface area contributed by atoms with Gasteiger partial charge in [0.05, 0.1) is 17.4 Å². The van der Waals surface area contributed by atoms with Crippen LogP contribution in [0.4, 0.5) is 5.69 Å². The maximum atomic E-state index is 10.8. The predicted octanol–water partition coefficient (Wildman–Crippen LogP) is 5.17. The minimum absolute atomic E-state index is 0.125. The van der Waals surface area contributed by atoms with Crippen LogP contribution in [0.3, 0.4) is 0 Å². The van der Waals surface area contributed by atoms with Crippen LogP contribution in [0.1, 0.15) is 17.5 Å². The molecule has 3 aromatic carbocycles. The Labute approximate surface area is 169 Å². The van der Waals surface area contributed by atoms with E-state index in [9.17, 15) is 5.11 Å². The first-order chi connectivity index (χ1) is 14.3. The van der Waals surface area contributed by atoms with Crippen LogP contribution in [0.15, 0.2) is 96.2 Å². The summed E-state index contributed by atoms with van der Waals surface area (Å²) < 4.78 is 0. The molecule has 1 aliphatic heterocycles. The predicted molar refractivity (Wildman–Crippen MR) is 117 cm³/mol. The Morgan fingerprint density at radius 1 is 0.862 bits per heavy atom. The third kappa shape index (κ3) is 3.34. The zero-order valence-electron chi connectivity index (χ0n) is 15.9. The molecule has 0 amide bonds. The highest BCUT2D eigenvalue weighted by Gasteiger charge is 2.29. The van der Waals surface area contributed by atoms with Crippen molar-refractivity contribution in [2.75, 3.05) is 5.01 Å². The second-order valence-corrected chi connectivity index (χ2v) is 7.30. The van der Waals surface area contributed by atoms with Crippen molar-refractivity contribution >= 4 is 22.3 Å². The topological polar surface area (TPSA) is 48.7 Å². The van der Waals surface area contributed by atoms with Crippen LogP contribution in [-0.2, 0) is 6.42 Å². The number of fused-ring (bicyclic) bond motifs is 1. The summed E-state index contributed by atoms with van der Waals surface area (Å²) in [7, 11) is 0.